The number of rotatable bonds is 5. The Bertz CT molecular complexity index is 488. The highest BCUT2D eigenvalue weighted by Gasteiger charge is 2.16. The van der Waals surface area contributed by atoms with Crippen LogP contribution in [0.2, 0.25) is 0 Å². The molecule has 0 aliphatic rings. The maximum Gasteiger partial charge on any atom is 0.320 e. The number of benzene rings is 1. The van der Waals surface area contributed by atoms with Gasteiger partial charge in [0.25, 0.3) is 0 Å². The number of carbonyl (C=O) groups excluding carboxylic acids is 1. The monoisotopic (exact) mass is 266 g/mol. The van der Waals surface area contributed by atoms with E-state index in [9.17, 15) is 14.7 Å². The average molecular weight is 266 g/mol. The maximum atomic E-state index is 11.4. The highest BCUT2D eigenvalue weighted by atomic mass is 16.4. The minimum Gasteiger partial charge on any atom is -0.506 e. The van der Waals surface area contributed by atoms with Gasteiger partial charge in [0.1, 0.15) is 11.8 Å². The Balaban J connectivity index is 2.97. The van der Waals surface area contributed by atoms with Crippen LogP contribution in [0.3, 0.4) is 0 Å². The van der Waals surface area contributed by atoms with Crippen LogP contribution in [-0.4, -0.2) is 34.7 Å². The van der Waals surface area contributed by atoms with Gasteiger partial charge in [0.15, 0.2) is 0 Å². The summed E-state index contributed by atoms with van der Waals surface area (Å²) in [4.78, 5) is 23.5. The zero-order valence-corrected chi connectivity index (χ0v) is 11.0. The molecule has 4 N–H and O–H groups in total. The predicted molar refractivity (Wildman–Crippen MR) is 71.1 cm³/mol. The van der Waals surface area contributed by atoms with Gasteiger partial charge in [-0.2, -0.15) is 0 Å². The molecule has 1 amide bonds. The molecule has 1 aromatic rings. The van der Waals surface area contributed by atoms with Crippen molar-refractivity contribution in [2.45, 2.75) is 26.3 Å². The van der Waals surface area contributed by atoms with E-state index in [2.05, 4.69) is 0 Å². The van der Waals surface area contributed by atoms with Crippen molar-refractivity contribution in [3.63, 3.8) is 0 Å². The molecule has 104 valence electrons. The molecule has 6 heteroatoms. The lowest BCUT2D eigenvalue weighted by molar-refractivity contribution is -0.138. The zero-order chi connectivity index (χ0) is 14.6. The van der Waals surface area contributed by atoms with Crippen LogP contribution in [0, 0.1) is 0 Å². The number of hydrogen-bond donors (Lipinski definition) is 3. The number of nitrogens with two attached hydrogens (primary N) is 1. The number of anilines is 1. The lowest BCUT2D eigenvalue weighted by Gasteiger charge is -2.20. The number of amides is 1. The Morgan fingerprint density at radius 2 is 2.05 bits per heavy atom. The van der Waals surface area contributed by atoms with Crippen molar-refractivity contribution in [2.24, 2.45) is 5.73 Å². The first-order valence-corrected chi connectivity index (χ1v) is 5.95. The summed E-state index contributed by atoms with van der Waals surface area (Å²) in [7, 11) is 0. The number of aliphatic carboxylic acids is 1. The quantitative estimate of drug-likeness (QED) is 0.728. The van der Waals surface area contributed by atoms with Crippen molar-refractivity contribution < 1.29 is 19.8 Å². The van der Waals surface area contributed by atoms with Gasteiger partial charge in [0.2, 0.25) is 5.91 Å². The number of carboxylic acid groups (broad SMARTS) is 1. The van der Waals surface area contributed by atoms with Crippen molar-refractivity contribution >= 4 is 17.6 Å². The van der Waals surface area contributed by atoms with Crippen LogP contribution in [0.4, 0.5) is 5.69 Å². The van der Waals surface area contributed by atoms with Gasteiger partial charge in [0, 0.05) is 13.5 Å². The predicted octanol–water partition coefficient (Wildman–Crippen LogP) is 0.719. The summed E-state index contributed by atoms with van der Waals surface area (Å²) < 4.78 is 0. The first kappa shape index (κ1) is 15.0. The largest absolute Gasteiger partial charge is 0.506 e. The van der Waals surface area contributed by atoms with Crippen LogP contribution < -0.4 is 10.6 Å². The number of phenols is 1. The fourth-order valence-corrected chi connectivity index (χ4v) is 1.83. The highest BCUT2D eigenvalue weighted by Crippen LogP contribution is 2.28. The second-order valence-corrected chi connectivity index (χ2v) is 4.24. The molecular weight excluding hydrogens is 248 g/mol. The summed E-state index contributed by atoms with van der Waals surface area (Å²) in [6.45, 7) is 3.66. The molecule has 0 saturated carbocycles. The van der Waals surface area contributed by atoms with Gasteiger partial charge in [-0.15, -0.1) is 0 Å². The summed E-state index contributed by atoms with van der Waals surface area (Å²) in [6, 6.07) is 3.66. The minimum atomic E-state index is -1.09. The van der Waals surface area contributed by atoms with Crippen molar-refractivity contribution in [3.8, 4) is 5.75 Å². The molecule has 0 heterocycles. The molecule has 0 aliphatic heterocycles. The number of nitrogens with zero attached hydrogens (tertiary/aromatic N) is 1. The fourth-order valence-electron chi connectivity index (χ4n) is 1.83. The van der Waals surface area contributed by atoms with Crippen LogP contribution in [0.1, 0.15) is 19.4 Å². The molecule has 0 aliphatic carbocycles. The van der Waals surface area contributed by atoms with Gasteiger partial charge < -0.3 is 20.8 Å². The Morgan fingerprint density at radius 1 is 1.42 bits per heavy atom. The molecule has 6 nitrogen and oxygen atoms in total. The second kappa shape index (κ2) is 6.19. The van der Waals surface area contributed by atoms with Gasteiger partial charge >= 0.3 is 5.97 Å². The SMILES string of the molecule is CCN(C(C)=O)c1ccc(CC(N)C(=O)O)cc1O. The van der Waals surface area contributed by atoms with E-state index in [1.165, 1.54) is 17.9 Å². The molecule has 0 aromatic heterocycles. The third-order valence-electron chi connectivity index (χ3n) is 2.80. The van der Waals surface area contributed by atoms with Gasteiger partial charge in [-0.1, -0.05) is 6.07 Å². The molecule has 0 saturated heterocycles. The van der Waals surface area contributed by atoms with Crippen LogP contribution in [0.5, 0.6) is 5.75 Å². The minimum absolute atomic E-state index is 0.0628. The molecule has 0 fully saturated rings. The van der Waals surface area contributed by atoms with Crippen molar-refractivity contribution in [2.75, 3.05) is 11.4 Å². The van der Waals surface area contributed by atoms with Gasteiger partial charge in [-0.25, -0.2) is 0 Å². The topological polar surface area (TPSA) is 104 Å². The number of hydrogen-bond acceptors (Lipinski definition) is 4. The molecule has 19 heavy (non-hydrogen) atoms. The number of carboxylic acids is 1. The first-order valence-electron chi connectivity index (χ1n) is 5.95. The number of phenolic OH excluding ortho intramolecular Hbond substituents is 1. The van der Waals surface area contributed by atoms with Crippen molar-refractivity contribution in [1.29, 1.82) is 0 Å². The van der Waals surface area contributed by atoms with Crippen LogP contribution in [0.25, 0.3) is 0 Å². The molecule has 1 atom stereocenters. The Labute approximate surface area is 111 Å². The third-order valence-corrected chi connectivity index (χ3v) is 2.80. The summed E-state index contributed by atoms with van der Waals surface area (Å²) in [5, 5.41) is 18.6. The lowest BCUT2D eigenvalue weighted by Crippen LogP contribution is -2.32. The molecule has 1 rings (SSSR count). The van der Waals surface area contributed by atoms with E-state index in [0.717, 1.165) is 0 Å². The molecule has 1 unspecified atom stereocenters. The summed E-state index contributed by atoms with van der Waals surface area (Å²) in [5.41, 5.74) is 6.44. The van der Waals surface area contributed by atoms with Gasteiger partial charge in [-0.3, -0.25) is 9.59 Å². The zero-order valence-electron chi connectivity index (χ0n) is 11.0. The standard InChI is InChI=1S/C13H18N2O4/c1-3-15(8(2)16)11-5-4-9(7-12(11)17)6-10(14)13(18)19/h4-5,7,10,17H,3,6,14H2,1-2H3,(H,18,19). The smallest absolute Gasteiger partial charge is 0.320 e. The summed E-state index contributed by atoms with van der Waals surface area (Å²) in [6.07, 6.45) is 0.120. The Morgan fingerprint density at radius 3 is 2.47 bits per heavy atom. The second-order valence-electron chi connectivity index (χ2n) is 4.24. The van der Waals surface area contributed by atoms with Gasteiger partial charge in [0.05, 0.1) is 5.69 Å². The number of aromatic hydroxyl groups is 1. The van der Waals surface area contributed by atoms with E-state index >= 15 is 0 Å². The maximum absolute atomic E-state index is 11.4. The average Bonchev–Trinajstić information content (AvgIpc) is 2.32. The first-order chi connectivity index (χ1) is 8.86. The lowest BCUT2D eigenvalue weighted by atomic mass is 10.1. The normalized spacial score (nSPS) is 11.9. The van der Waals surface area contributed by atoms with Crippen LogP contribution in [-0.2, 0) is 16.0 Å². The van der Waals surface area contributed by atoms with E-state index in [-0.39, 0.29) is 18.1 Å². The van der Waals surface area contributed by atoms with Crippen molar-refractivity contribution in [3.05, 3.63) is 23.8 Å². The Hall–Kier alpha value is -2.08. The van der Waals surface area contributed by atoms with Crippen LogP contribution in [0.15, 0.2) is 18.2 Å². The van der Waals surface area contributed by atoms with Gasteiger partial charge in [-0.05, 0) is 31.0 Å². The molecule has 0 radical (unpaired) electrons. The summed E-state index contributed by atoms with van der Waals surface area (Å²) >= 11 is 0. The third kappa shape index (κ3) is 3.69. The Kier molecular flexibility index (Phi) is 4.88. The van der Waals surface area contributed by atoms with Crippen LogP contribution >= 0.6 is 0 Å². The number of carbonyl (C=O) groups is 2. The molecule has 0 spiro atoms. The molecule has 0 bridgehead atoms. The highest BCUT2D eigenvalue weighted by molar-refractivity contribution is 5.93. The van der Waals surface area contributed by atoms with E-state index in [4.69, 9.17) is 10.8 Å². The van der Waals surface area contributed by atoms with E-state index in [0.29, 0.717) is 17.8 Å². The van der Waals surface area contributed by atoms with E-state index in [1.807, 2.05) is 0 Å². The van der Waals surface area contributed by atoms with E-state index < -0.39 is 12.0 Å². The molecule has 1 aromatic carbocycles. The molecular formula is C13H18N2O4. The summed E-state index contributed by atoms with van der Waals surface area (Å²) in [5.74, 6) is -1.33. The van der Waals surface area contributed by atoms with Crippen molar-refractivity contribution in [1.82, 2.24) is 0 Å². The fraction of sp³-hybridized carbons (Fsp3) is 0.385. The van der Waals surface area contributed by atoms with E-state index in [1.54, 1.807) is 19.1 Å².